The lowest BCUT2D eigenvalue weighted by Gasteiger charge is -2.20. The zero-order valence-corrected chi connectivity index (χ0v) is 17.5. The number of carbonyl (C=O) groups excluding carboxylic acids is 1. The highest BCUT2D eigenvalue weighted by Crippen LogP contribution is 2.29. The molecule has 1 amide bonds. The minimum atomic E-state index is -0.285. The van der Waals surface area contributed by atoms with Crippen LogP contribution in [-0.2, 0) is 12.8 Å². The van der Waals surface area contributed by atoms with E-state index in [1.165, 1.54) is 17.5 Å². The Bertz CT molecular complexity index is 1090. The molecule has 5 heteroatoms. The smallest absolute Gasteiger partial charge is 0.279 e. The Hall–Kier alpha value is -2.95. The minimum absolute atomic E-state index is 0.107. The topological polar surface area (TPSA) is 64.1 Å². The number of carbonyl (C=O) groups is 1. The van der Waals surface area contributed by atoms with Gasteiger partial charge in [0.25, 0.3) is 5.91 Å². The molecule has 1 heterocycles. The molecule has 0 bridgehead atoms. The standard InChI is InChI=1S/C24H27N3O2/c1-14(2)29-24-22(25-20-12-15(3)16(4)13-21(20)27-24)23(28)26-19-11-7-9-17-8-5-6-10-18(17)19/h7,9,11-14H,5-6,8,10H2,1-4H3,(H,26,28). The molecule has 0 radical (unpaired) electrons. The van der Waals surface area contributed by atoms with Crippen molar-refractivity contribution in [1.82, 2.24) is 9.97 Å². The second kappa shape index (κ2) is 7.82. The maximum atomic E-state index is 13.2. The molecule has 0 atom stereocenters. The lowest BCUT2D eigenvalue weighted by molar-refractivity contribution is 0.101. The van der Waals surface area contributed by atoms with Gasteiger partial charge in [-0.15, -0.1) is 0 Å². The van der Waals surface area contributed by atoms with Crippen LogP contribution < -0.4 is 10.1 Å². The first-order chi connectivity index (χ1) is 13.9. The van der Waals surface area contributed by atoms with E-state index in [4.69, 9.17) is 4.74 Å². The van der Waals surface area contributed by atoms with E-state index >= 15 is 0 Å². The van der Waals surface area contributed by atoms with Crippen molar-refractivity contribution in [2.75, 3.05) is 5.32 Å². The second-order valence-electron chi connectivity index (χ2n) is 8.07. The number of nitrogens with zero attached hydrogens (tertiary/aromatic N) is 2. The normalized spacial score (nSPS) is 13.4. The molecule has 3 aromatic rings. The molecule has 1 aliphatic rings. The third-order valence-electron chi connectivity index (χ3n) is 5.45. The van der Waals surface area contributed by atoms with Gasteiger partial charge in [-0.2, -0.15) is 0 Å². The van der Waals surface area contributed by atoms with E-state index in [9.17, 15) is 4.79 Å². The maximum Gasteiger partial charge on any atom is 0.279 e. The van der Waals surface area contributed by atoms with Crippen LogP contribution in [0.2, 0.25) is 0 Å². The quantitative estimate of drug-likeness (QED) is 0.669. The Morgan fingerprint density at radius 2 is 1.72 bits per heavy atom. The minimum Gasteiger partial charge on any atom is -0.473 e. The van der Waals surface area contributed by atoms with Gasteiger partial charge in [0.15, 0.2) is 5.69 Å². The maximum absolute atomic E-state index is 13.2. The number of benzene rings is 2. The van der Waals surface area contributed by atoms with E-state index in [0.29, 0.717) is 5.52 Å². The number of nitrogens with one attached hydrogen (secondary N) is 1. The molecule has 5 nitrogen and oxygen atoms in total. The number of aromatic nitrogens is 2. The fourth-order valence-electron chi connectivity index (χ4n) is 3.83. The number of hydrogen-bond donors (Lipinski definition) is 1. The van der Waals surface area contributed by atoms with Gasteiger partial charge >= 0.3 is 0 Å². The summed E-state index contributed by atoms with van der Waals surface area (Å²) < 4.78 is 5.86. The molecule has 0 spiro atoms. The van der Waals surface area contributed by atoms with Gasteiger partial charge in [0.1, 0.15) is 0 Å². The predicted octanol–water partition coefficient (Wildman–Crippen LogP) is 5.16. The van der Waals surface area contributed by atoms with Gasteiger partial charge in [-0.25, -0.2) is 9.97 Å². The fraction of sp³-hybridized carbons (Fsp3) is 0.375. The van der Waals surface area contributed by atoms with E-state index < -0.39 is 0 Å². The number of anilines is 1. The average Bonchev–Trinajstić information content (AvgIpc) is 2.68. The second-order valence-corrected chi connectivity index (χ2v) is 8.07. The Balaban J connectivity index is 1.75. The highest BCUT2D eigenvalue weighted by atomic mass is 16.5. The Labute approximate surface area is 171 Å². The summed E-state index contributed by atoms with van der Waals surface area (Å²) in [5, 5.41) is 3.07. The summed E-state index contributed by atoms with van der Waals surface area (Å²) in [5.41, 5.74) is 7.33. The van der Waals surface area contributed by atoms with Gasteiger partial charge in [-0.3, -0.25) is 4.79 Å². The molecule has 1 aliphatic carbocycles. The predicted molar refractivity (Wildman–Crippen MR) is 116 cm³/mol. The van der Waals surface area contributed by atoms with Crippen molar-refractivity contribution in [3.8, 4) is 5.88 Å². The number of aryl methyl sites for hydroxylation is 3. The van der Waals surface area contributed by atoms with E-state index in [2.05, 4.69) is 21.4 Å². The fourth-order valence-corrected chi connectivity index (χ4v) is 3.83. The Kier molecular flexibility index (Phi) is 5.22. The molecular formula is C24H27N3O2. The van der Waals surface area contributed by atoms with Crippen LogP contribution >= 0.6 is 0 Å². The lowest BCUT2D eigenvalue weighted by atomic mass is 9.90. The van der Waals surface area contributed by atoms with Gasteiger partial charge < -0.3 is 10.1 Å². The summed E-state index contributed by atoms with van der Waals surface area (Å²) in [7, 11) is 0. The summed E-state index contributed by atoms with van der Waals surface area (Å²) in [6.45, 7) is 7.91. The first kappa shape index (κ1) is 19.4. The van der Waals surface area contributed by atoms with Crippen molar-refractivity contribution < 1.29 is 9.53 Å². The summed E-state index contributed by atoms with van der Waals surface area (Å²) in [6.07, 6.45) is 4.30. The summed E-state index contributed by atoms with van der Waals surface area (Å²) >= 11 is 0. The first-order valence-corrected chi connectivity index (χ1v) is 10.3. The van der Waals surface area contributed by atoms with Crippen molar-refractivity contribution >= 4 is 22.6 Å². The molecule has 0 aliphatic heterocycles. The number of rotatable bonds is 4. The van der Waals surface area contributed by atoms with Crippen LogP contribution in [0.15, 0.2) is 30.3 Å². The van der Waals surface area contributed by atoms with Crippen LogP contribution in [0.25, 0.3) is 11.0 Å². The van der Waals surface area contributed by atoms with Crippen LogP contribution in [0.5, 0.6) is 5.88 Å². The molecule has 0 unspecified atom stereocenters. The average molecular weight is 389 g/mol. The van der Waals surface area contributed by atoms with Gasteiger partial charge in [0.2, 0.25) is 5.88 Å². The molecule has 2 aromatic carbocycles. The molecule has 29 heavy (non-hydrogen) atoms. The number of ether oxygens (including phenoxy) is 1. The van der Waals surface area contributed by atoms with Crippen LogP contribution in [0.3, 0.4) is 0 Å². The lowest BCUT2D eigenvalue weighted by Crippen LogP contribution is -2.20. The van der Waals surface area contributed by atoms with Crippen molar-refractivity contribution in [3.05, 3.63) is 58.3 Å². The highest BCUT2D eigenvalue weighted by molar-refractivity contribution is 6.05. The van der Waals surface area contributed by atoms with E-state index in [1.807, 2.05) is 52.0 Å². The highest BCUT2D eigenvalue weighted by Gasteiger charge is 2.21. The zero-order chi connectivity index (χ0) is 20.5. The number of fused-ring (bicyclic) bond motifs is 2. The summed E-state index contributed by atoms with van der Waals surface area (Å²) in [4.78, 5) is 22.5. The van der Waals surface area contributed by atoms with Crippen LogP contribution in [-0.4, -0.2) is 22.0 Å². The van der Waals surface area contributed by atoms with E-state index in [1.54, 1.807) is 0 Å². The third-order valence-corrected chi connectivity index (χ3v) is 5.45. The summed E-state index contributed by atoms with van der Waals surface area (Å²) in [6, 6.07) is 10.1. The largest absolute Gasteiger partial charge is 0.473 e. The van der Waals surface area contributed by atoms with Crippen LogP contribution in [0.1, 0.15) is 59.4 Å². The van der Waals surface area contributed by atoms with Gasteiger partial charge in [0.05, 0.1) is 17.1 Å². The third kappa shape index (κ3) is 3.95. The Morgan fingerprint density at radius 1 is 1.03 bits per heavy atom. The summed E-state index contributed by atoms with van der Waals surface area (Å²) in [5.74, 6) is -0.00898. The van der Waals surface area contributed by atoms with E-state index in [-0.39, 0.29) is 23.6 Å². The van der Waals surface area contributed by atoms with Crippen molar-refractivity contribution in [2.24, 2.45) is 0 Å². The van der Waals surface area contributed by atoms with E-state index in [0.717, 1.165) is 41.6 Å². The molecule has 150 valence electrons. The van der Waals surface area contributed by atoms with Crippen LogP contribution in [0, 0.1) is 13.8 Å². The van der Waals surface area contributed by atoms with Crippen molar-refractivity contribution in [3.63, 3.8) is 0 Å². The van der Waals surface area contributed by atoms with Crippen molar-refractivity contribution in [1.29, 1.82) is 0 Å². The number of hydrogen-bond acceptors (Lipinski definition) is 4. The molecule has 0 saturated heterocycles. The SMILES string of the molecule is Cc1cc2nc(OC(C)C)c(C(=O)Nc3cccc4c3CCCC4)nc2cc1C. The van der Waals surface area contributed by atoms with Crippen molar-refractivity contribution in [2.45, 2.75) is 59.5 Å². The first-order valence-electron chi connectivity index (χ1n) is 10.3. The van der Waals surface area contributed by atoms with Crippen LogP contribution in [0.4, 0.5) is 5.69 Å². The molecule has 1 aromatic heterocycles. The molecular weight excluding hydrogens is 362 g/mol. The van der Waals surface area contributed by atoms with Gasteiger partial charge in [0, 0.05) is 5.69 Å². The van der Waals surface area contributed by atoms with Gasteiger partial charge in [-0.05, 0) is 93.8 Å². The number of amides is 1. The Morgan fingerprint density at radius 3 is 2.45 bits per heavy atom. The zero-order valence-electron chi connectivity index (χ0n) is 17.5. The molecule has 0 saturated carbocycles. The van der Waals surface area contributed by atoms with Gasteiger partial charge in [-0.1, -0.05) is 12.1 Å². The molecule has 4 rings (SSSR count). The monoisotopic (exact) mass is 389 g/mol. The molecule has 0 fully saturated rings. The molecule has 1 N–H and O–H groups in total.